The molecule has 0 aliphatic carbocycles. The zero-order chi connectivity index (χ0) is 13.6. The first-order chi connectivity index (χ1) is 8.40. The molecule has 94 valence electrons. The Morgan fingerprint density at radius 2 is 2.00 bits per heavy atom. The SMILES string of the molecule is N#CC(=O)/C=N/Nc1ccc(OC(F)(F)F)cc1. The predicted molar refractivity (Wildman–Crippen MR) is 55.9 cm³/mol. The largest absolute Gasteiger partial charge is 0.573 e. The van der Waals surface area contributed by atoms with Gasteiger partial charge in [0.25, 0.3) is 5.78 Å². The number of anilines is 1. The van der Waals surface area contributed by atoms with Gasteiger partial charge in [-0.1, -0.05) is 0 Å². The smallest absolute Gasteiger partial charge is 0.406 e. The minimum atomic E-state index is -4.74. The fourth-order valence-corrected chi connectivity index (χ4v) is 0.925. The summed E-state index contributed by atoms with van der Waals surface area (Å²) in [6.07, 6.45) is -3.99. The van der Waals surface area contributed by atoms with Gasteiger partial charge in [-0.05, 0) is 24.3 Å². The topological polar surface area (TPSA) is 74.5 Å². The molecular weight excluding hydrogens is 251 g/mol. The molecule has 0 heterocycles. The molecule has 1 aromatic rings. The number of hydrazone groups is 1. The lowest BCUT2D eigenvalue weighted by Crippen LogP contribution is -2.16. The number of alkyl halides is 3. The Hall–Kier alpha value is -2.56. The predicted octanol–water partition coefficient (Wildman–Crippen LogP) is 2.08. The molecule has 1 N–H and O–H groups in total. The normalized spacial score (nSPS) is 11.0. The summed E-state index contributed by atoms with van der Waals surface area (Å²) in [5.41, 5.74) is 2.70. The molecule has 0 radical (unpaired) electrons. The zero-order valence-corrected chi connectivity index (χ0v) is 8.73. The molecule has 0 saturated carbocycles. The Balaban J connectivity index is 2.59. The first-order valence-corrected chi connectivity index (χ1v) is 4.49. The molecule has 5 nitrogen and oxygen atoms in total. The first-order valence-electron chi connectivity index (χ1n) is 4.49. The average molecular weight is 257 g/mol. The van der Waals surface area contributed by atoms with Gasteiger partial charge in [-0.2, -0.15) is 10.4 Å². The number of halogens is 3. The molecule has 0 fully saturated rings. The van der Waals surface area contributed by atoms with Crippen molar-refractivity contribution < 1.29 is 22.7 Å². The van der Waals surface area contributed by atoms with E-state index in [0.717, 1.165) is 18.3 Å². The summed E-state index contributed by atoms with van der Waals surface area (Å²) in [6.45, 7) is 0. The van der Waals surface area contributed by atoms with Crippen LogP contribution in [0.25, 0.3) is 0 Å². The Kier molecular flexibility index (Phi) is 4.26. The summed E-state index contributed by atoms with van der Waals surface area (Å²) in [6, 6.07) is 6.02. The number of carbonyl (C=O) groups is 1. The van der Waals surface area contributed by atoms with Gasteiger partial charge in [0.1, 0.15) is 18.0 Å². The minimum Gasteiger partial charge on any atom is -0.406 e. The van der Waals surface area contributed by atoms with Crippen molar-refractivity contribution in [2.75, 3.05) is 5.43 Å². The number of ether oxygens (including phenoxy) is 1. The van der Waals surface area contributed by atoms with Crippen molar-refractivity contribution in [1.82, 2.24) is 0 Å². The number of Topliss-reactive ketones (excluding diaryl/α,β-unsaturated/α-hetero) is 1. The van der Waals surface area contributed by atoms with Crippen LogP contribution >= 0.6 is 0 Å². The molecule has 8 heteroatoms. The van der Waals surface area contributed by atoms with E-state index in [4.69, 9.17) is 5.26 Å². The van der Waals surface area contributed by atoms with Crippen molar-refractivity contribution in [1.29, 1.82) is 5.26 Å². The summed E-state index contributed by atoms with van der Waals surface area (Å²) < 4.78 is 39.2. The van der Waals surface area contributed by atoms with Crippen LogP contribution < -0.4 is 10.2 Å². The van der Waals surface area contributed by atoms with Gasteiger partial charge >= 0.3 is 6.36 Å². The average Bonchev–Trinajstić information content (AvgIpc) is 2.29. The Labute approximate surface area is 99.5 Å². The maximum Gasteiger partial charge on any atom is 0.573 e. The molecule has 0 aliphatic rings. The number of nitrogens with zero attached hydrogens (tertiary/aromatic N) is 2. The molecular formula is C10H6F3N3O2. The Morgan fingerprint density at radius 1 is 1.39 bits per heavy atom. The Bertz CT molecular complexity index is 489. The summed E-state index contributed by atoms with van der Waals surface area (Å²) >= 11 is 0. The molecule has 0 aromatic heterocycles. The van der Waals surface area contributed by atoms with Gasteiger partial charge in [0.05, 0.1) is 5.69 Å². The number of hydrogen-bond acceptors (Lipinski definition) is 5. The molecule has 0 unspecified atom stereocenters. The van der Waals surface area contributed by atoms with Gasteiger partial charge in [0, 0.05) is 0 Å². The van der Waals surface area contributed by atoms with Crippen LogP contribution in [0.1, 0.15) is 0 Å². The van der Waals surface area contributed by atoms with Gasteiger partial charge in [-0.25, -0.2) is 0 Å². The third-order valence-corrected chi connectivity index (χ3v) is 1.57. The number of hydrogen-bond donors (Lipinski definition) is 1. The molecule has 0 atom stereocenters. The lowest BCUT2D eigenvalue weighted by atomic mass is 10.3. The van der Waals surface area contributed by atoms with Crippen LogP contribution in [0, 0.1) is 11.3 Å². The number of benzene rings is 1. The van der Waals surface area contributed by atoms with Crippen molar-refractivity contribution in [3.05, 3.63) is 24.3 Å². The Morgan fingerprint density at radius 3 is 2.50 bits per heavy atom. The van der Waals surface area contributed by atoms with Crippen LogP contribution in [0.3, 0.4) is 0 Å². The number of nitrogens with one attached hydrogen (secondary N) is 1. The molecule has 0 spiro atoms. The summed E-state index contributed by atoms with van der Waals surface area (Å²) in [5.74, 6) is -1.22. The monoisotopic (exact) mass is 257 g/mol. The second-order valence-corrected chi connectivity index (χ2v) is 2.92. The maximum atomic E-state index is 11.8. The number of rotatable bonds is 4. The number of carbonyl (C=O) groups excluding carboxylic acids is 1. The van der Waals surface area contributed by atoms with Crippen molar-refractivity contribution >= 4 is 17.7 Å². The zero-order valence-electron chi connectivity index (χ0n) is 8.73. The number of ketones is 1. The lowest BCUT2D eigenvalue weighted by molar-refractivity contribution is -0.274. The quantitative estimate of drug-likeness (QED) is 0.509. The van der Waals surface area contributed by atoms with Crippen LogP contribution in [-0.4, -0.2) is 18.4 Å². The van der Waals surface area contributed by atoms with Gasteiger partial charge in [0.15, 0.2) is 0 Å². The lowest BCUT2D eigenvalue weighted by Gasteiger charge is -2.08. The van der Waals surface area contributed by atoms with Crippen molar-refractivity contribution in [3.63, 3.8) is 0 Å². The van der Waals surface area contributed by atoms with Crippen LogP contribution in [0.4, 0.5) is 18.9 Å². The molecule has 1 aromatic carbocycles. The fourth-order valence-electron chi connectivity index (χ4n) is 0.925. The van der Waals surface area contributed by atoms with Crippen LogP contribution in [0.5, 0.6) is 5.75 Å². The van der Waals surface area contributed by atoms with E-state index in [1.807, 2.05) is 0 Å². The fraction of sp³-hybridized carbons (Fsp3) is 0.100. The third-order valence-electron chi connectivity index (χ3n) is 1.57. The first kappa shape index (κ1) is 13.5. The molecule has 0 bridgehead atoms. The standard InChI is InChI=1S/C10H6F3N3O2/c11-10(12,13)18-9-3-1-7(2-4-9)16-15-6-8(17)5-14/h1-4,6,16H/b15-6+. The summed E-state index contributed by atoms with van der Waals surface area (Å²) in [7, 11) is 0. The van der Waals surface area contributed by atoms with Crippen LogP contribution in [0.15, 0.2) is 29.4 Å². The van der Waals surface area contributed by atoms with Gasteiger partial charge < -0.3 is 4.74 Å². The third kappa shape index (κ3) is 4.98. The van der Waals surface area contributed by atoms with E-state index < -0.39 is 12.1 Å². The molecule has 0 saturated heterocycles. The van der Waals surface area contributed by atoms with Gasteiger partial charge in [0.2, 0.25) is 0 Å². The molecule has 18 heavy (non-hydrogen) atoms. The summed E-state index contributed by atoms with van der Waals surface area (Å²) in [5, 5.41) is 11.5. The van der Waals surface area contributed by atoms with Crippen molar-refractivity contribution in [2.24, 2.45) is 5.10 Å². The highest BCUT2D eigenvalue weighted by Crippen LogP contribution is 2.23. The van der Waals surface area contributed by atoms with E-state index in [1.165, 1.54) is 18.2 Å². The van der Waals surface area contributed by atoms with E-state index in [0.29, 0.717) is 5.69 Å². The van der Waals surface area contributed by atoms with Crippen molar-refractivity contribution in [3.8, 4) is 11.8 Å². The molecule has 0 aliphatic heterocycles. The van der Waals surface area contributed by atoms with E-state index in [9.17, 15) is 18.0 Å². The van der Waals surface area contributed by atoms with E-state index in [2.05, 4.69) is 15.3 Å². The molecule has 1 rings (SSSR count). The van der Waals surface area contributed by atoms with Gasteiger partial charge in [-0.15, -0.1) is 13.2 Å². The van der Waals surface area contributed by atoms with Crippen LogP contribution in [-0.2, 0) is 4.79 Å². The summed E-state index contributed by atoms with van der Waals surface area (Å²) in [4.78, 5) is 10.5. The van der Waals surface area contributed by atoms with E-state index >= 15 is 0 Å². The van der Waals surface area contributed by atoms with Crippen LogP contribution in [0.2, 0.25) is 0 Å². The maximum absolute atomic E-state index is 11.8. The number of nitriles is 1. The highest BCUT2D eigenvalue weighted by molar-refractivity contribution is 6.34. The second-order valence-electron chi connectivity index (χ2n) is 2.92. The second kappa shape index (κ2) is 5.67. The minimum absolute atomic E-state index is 0.339. The van der Waals surface area contributed by atoms with Crippen molar-refractivity contribution in [2.45, 2.75) is 6.36 Å². The van der Waals surface area contributed by atoms with E-state index in [-0.39, 0.29) is 5.75 Å². The highest BCUT2D eigenvalue weighted by Gasteiger charge is 2.30. The highest BCUT2D eigenvalue weighted by atomic mass is 19.4. The van der Waals surface area contributed by atoms with Gasteiger partial charge in [-0.3, -0.25) is 10.2 Å². The molecule has 0 amide bonds. The van der Waals surface area contributed by atoms with E-state index in [1.54, 1.807) is 0 Å².